The van der Waals surface area contributed by atoms with Crippen LogP contribution in [0.5, 0.6) is 5.75 Å². The molecule has 0 aliphatic heterocycles. The Kier molecular flexibility index (Phi) is 5.26. The highest BCUT2D eigenvalue weighted by atomic mass is 32.1. The molecule has 0 spiro atoms. The van der Waals surface area contributed by atoms with Gasteiger partial charge in [-0.25, -0.2) is 9.37 Å². The van der Waals surface area contributed by atoms with Crippen molar-refractivity contribution in [3.05, 3.63) is 65.6 Å². The number of benzene rings is 2. The number of ether oxygens (including phenoxy) is 1. The average molecular weight is 410 g/mol. The number of fused-ring (bicyclic) bond motifs is 1. The van der Waals surface area contributed by atoms with Gasteiger partial charge in [0.1, 0.15) is 17.4 Å². The molecule has 0 aliphatic rings. The first kappa shape index (κ1) is 19.1. The van der Waals surface area contributed by atoms with Gasteiger partial charge < -0.3 is 10.1 Å². The van der Waals surface area contributed by atoms with Gasteiger partial charge in [0.2, 0.25) is 11.0 Å². The van der Waals surface area contributed by atoms with E-state index in [1.165, 1.54) is 23.5 Å². The van der Waals surface area contributed by atoms with Gasteiger partial charge in [0.15, 0.2) is 0 Å². The van der Waals surface area contributed by atoms with Crippen molar-refractivity contribution in [3.63, 3.8) is 0 Å². The van der Waals surface area contributed by atoms with E-state index in [4.69, 9.17) is 4.74 Å². The van der Waals surface area contributed by atoms with Gasteiger partial charge in [-0.3, -0.25) is 4.79 Å². The fraction of sp³-hybridized carbons (Fsp3) is 0.190. The first-order valence-corrected chi connectivity index (χ1v) is 9.98. The number of hydrogen-bond acceptors (Lipinski definition) is 5. The number of aromatic nitrogens is 3. The van der Waals surface area contributed by atoms with E-state index in [2.05, 4.69) is 15.4 Å². The minimum Gasteiger partial charge on any atom is -0.494 e. The quantitative estimate of drug-likeness (QED) is 0.508. The summed E-state index contributed by atoms with van der Waals surface area (Å²) in [5.41, 5.74) is 2.31. The lowest BCUT2D eigenvalue weighted by Gasteiger charge is -2.07. The maximum atomic E-state index is 13.5. The monoisotopic (exact) mass is 410 g/mol. The standard InChI is InChI=1S/C21H19FN4O2S/c1-3-28-16-7-4-14(5-8-16)11-20(27)24-19-10-13(2)25-26(19)21-23-17-9-6-15(22)12-18(17)29-21/h4-10,12H,3,11H2,1-2H3,(H,24,27). The normalized spacial score (nSPS) is 11.0. The molecule has 2 heterocycles. The number of aryl methyl sites for hydroxylation is 1. The van der Waals surface area contributed by atoms with E-state index in [1.54, 1.807) is 16.8 Å². The second kappa shape index (κ2) is 8.00. The topological polar surface area (TPSA) is 69.0 Å². The molecule has 29 heavy (non-hydrogen) atoms. The fourth-order valence-corrected chi connectivity index (χ4v) is 3.91. The SMILES string of the molecule is CCOc1ccc(CC(=O)Nc2cc(C)nn2-c2nc3ccc(F)cc3s2)cc1. The van der Waals surface area contributed by atoms with E-state index in [0.717, 1.165) is 21.7 Å². The van der Waals surface area contributed by atoms with Crippen molar-refractivity contribution in [2.45, 2.75) is 20.3 Å². The molecular weight excluding hydrogens is 391 g/mol. The Morgan fingerprint density at radius 2 is 2.00 bits per heavy atom. The Morgan fingerprint density at radius 1 is 1.21 bits per heavy atom. The summed E-state index contributed by atoms with van der Waals surface area (Å²) in [6, 6.07) is 13.7. The van der Waals surface area contributed by atoms with Crippen molar-refractivity contribution in [1.29, 1.82) is 0 Å². The zero-order valence-corrected chi connectivity index (χ0v) is 16.8. The summed E-state index contributed by atoms with van der Waals surface area (Å²) in [5, 5.41) is 7.89. The van der Waals surface area contributed by atoms with Crippen LogP contribution in [-0.2, 0) is 11.2 Å². The van der Waals surface area contributed by atoms with Gasteiger partial charge in [-0.1, -0.05) is 23.5 Å². The van der Waals surface area contributed by atoms with Crippen LogP contribution in [0.4, 0.5) is 10.2 Å². The van der Waals surface area contributed by atoms with Gasteiger partial charge in [0, 0.05) is 6.07 Å². The van der Waals surface area contributed by atoms with Crippen LogP contribution < -0.4 is 10.1 Å². The van der Waals surface area contributed by atoms with E-state index in [9.17, 15) is 9.18 Å². The van der Waals surface area contributed by atoms with E-state index in [0.29, 0.717) is 23.1 Å². The molecule has 8 heteroatoms. The summed E-state index contributed by atoms with van der Waals surface area (Å²) < 4.78 is 21.2. The number of hydrogen-bond donors (Lipinski definition) is 1. The van der Waals surface area contributed by atoms with Gasteiger partial charge >= 0.3 is 0 Å². The van der Waals surface area contributed by atoms with Crippen LogP contribution in [0.25, 0.3) is 15.3 Å². The number of carbonyl (C=O) groups excluding carboxylic acids is 1. The zero-order chi connectivity index (χ0) is 20.4. The number of thiazole rings is 1. The number of rotatable bonds is 6. The number of anilines is 1. The summed E-state index contributed by atoms with van der Waals surface area (Å²) in [4.78, 5) is 17.1. The molecule has 0 radical (unpaired) electrons. The molecule has 0 fully saturated rings. The van der Waals surface area contributed by atoms with Crippen molar-refractivity contribution >= 4 is 33.3 Å². The molecule has 0 atom stereocenters. The van der Waals surface area contributed by atoms with Crippen molar-refractivity contribution < 1.29 is 13.9 Å². The Hall–Kier alpha value is -3.26. The lowest BCUT2D eigenvalue weighted by atomic mass is 10.1. The molecule has 0 aliphatic carbocycles. The van der Waals surface area contributed by atoms with Crippen molar-refractivity contribution in [1.82, 2.24) is 14.8 Å². The number of carbonyl (C=O) groups is 1. The van der Waals surface area contributed by atoms with Crippen LogP contribution >= 0.6 is 11.3 Å². The second-order valence-electron chi connectivity index (χ2n) is 6.49. The van der Waals surface area contributed by atoms with Crippen LogP contribution in [0, 0.1) is 12.7 Å². The maximum Gasteiger partial charge on any atom is 0.229 e. The van der Waals surface area contributed by atoms with Gasteiger partial charge in [0.05, 0.1) is 28.9 Å². The van der Waals surface area contributed by atoms with E-state index >= 15 is 0 Å². The molecule has 6 nitrogen and oxygen atoms in total. The summed E-state index contributed by atoms with van der Waals surface area (Å²) in [5.74, 6) is 0.825. The summed E-state index contributed by atoms with van der Waals surface area (Å²) in [6.45, 7) is 4.36. The van der Waals surface area contributed by atoms with E-state index in [1.807, 2.05) is 38.1 Å². The van der Waals surface area contributed by atoms with Crippen LogP contribution in [-0.4, -0.2) is 27.3 Å². The lowest BCUT2D eigenvalue weighted by Crippen LogP contribution is -2.17. The maximum absolute atomic E-state index is 13.5. The zero-order valence-electron chi connectivity index (χ0n) is 16.0. The van der Waals surface area contributed by atoms with E-state index < -0.39 is 0 Å². The van der Waals surface area contributed by atoms with Crippen LogP contribution in [0.1, 0.15) is 18.2 Å². The Morgan fingerprint density at radius 3 is 2.76 bits per heavy atom. The van der Waals surface area contributed by atoms with Gasteiger partial charge in [-0.2, -0.15) is 9.78 Å². The first-order chi connectivity index (χ1) is 14.0. The van der Waals surface area contributed by atoms with Crippen molar-refractivity contribution in [2.24, 2.45) is 0 Å². The van der Waals surface area contributed by atoms with Crippen molar-refractivity contribution in [3.8, 4) is 10.9 Å². The van der Waals surface area contributed by atoms with Crippen LogP contribution in [0.3, 0.4) is 0 Å². The molecule has 4 aromatic rings. The molecule has 1 amide bonds. The lowest BCUT2D eigenvalue weighted by molar-refractivity contribution is -0.115. The minimum absolute atomic E-state index is 0.164. The largest absolute Gasteiger partial charge is 0.494 e. The summed E-state index contributed by atoms with van der Waals surface area (Å²) in [7, 11) is 0. The predicted octanol–water partition coefficient (Wildman–Crippen LogP) is 4.51. The van der Waals surface area contributed by atoms with Gasteiger partial charge in [-0.05, 0) is 49.7 Å². The number of amides is 1. The molecule has 2 aromatic heterocycles. The molecule has 2 aromatic carbocycles. The van der Waals surface area contributed by atoms with Crippen LogP contribution in [0.15, 0.2) is 48.5 Å². The highest BCUT2D eigenvalue weighted by Gasteiger charge is 2.15. The third kappa shape index (κ3) is 4.27. The third-order valence-corrected chi connectivity index (χ3v) is 5.21. The molecule has 148 valence electrons. The molecule has 0 bridgehead atoms. The second-order valence-corrected chi connectivity index (χ2v) is 7.50. The number of halogens is 1. The Labute approximate surface area is 171 Å². The Balaban J connectivity index is 1.53. The minimum atomic E-state index is -0.312. The molecule has 4 rings (SSSR count). The van der Waals surface area contributed by atoms with Crippen LogP contribution in [0.2, 0.25) is 0 Å². The number of nitrogens with zero attached hydrogens (tertiary/aromatic N) is 3. The first-order valence-electron chi connectivity index (χ1n) is 9.16. The highest BCUT2D eigenvalue weighted by Crippen LogP contribution is 2.28. The highest BCUT2D eigenvalue weighted by molar-refractivity contribution is 7.20. The summed E-state index contributed by atoms with van der Waals surface area (Å²) in [6.07, 6.45) is 0.224. The third-order valence-electron chi connectivity index (χ3n) is 4.22. The molecule has 1 N–H and O–H groups in total. The van der Waals surface area contributed by atoms with Crippen molar-refractivity contribution in [2.75, 3.05) is 11.9 Å². The predicted molar refractivity (Wildman–Crippen MR) is 111 cm³/mol. The molecule has 0 unspecified atom stereocenters. The van der Waals surface area contributed by atoms with Gasteiger partial charge in [0.25, 0.3) is 0 Å². The number of nitrogens with one attached hydrogen (secondary N) is 1. The van der Waals surface area contributed by atoms with E-state index in [-0.39, 0.29) is 18.1 Å². The Bertz CT molecular complexity index is 1170. The molecule has 0 saturated heterocycles. The molecular formula is C21H19FN4O2S. The summed E-state index contributed by atoms with van der Waals surface area (Å²) >= 11 is 1.31. The fourth-order valence-electron chi connectivity index (χ4n) is 2.95. The smallest absolute Gasteiger partial charge is 0.229 e. The molecule has 0 saturated carbocycles. The van der Waals surface area contributed by atoms with Gasteiger partial charge in [-0.15, -0.1) is 0 Å². The average Bonchev–Trinajstić information content (AvgIpc) is 3.26.